The summed E-state index contributed by atoms with van der Waals surface area (Å²) in [4.78, 5) is 0. The van der Waals surface area contributed by atoms with Gasteiger partial charge < -0.3 is 5.73 Å². The van der Waals surface area contributed by atoms with Crippen LogP contribution in [0.1, 0.15) is 44.3 Å². The minimum Gasteiger partial charge on any atom is -0.330 e. The van der Waals surface area contributed by atoms with E-state index in [1.807, 2.05) is 6.92 Å². The first-order chi connectivity index (χ1) is 7.74. The summed E-state index contributed by atoms with van der Waals surface area (Å²) in [7, 11) is 0. The molecule has 3 unspecified atom stereocenters. The maximum atomic E-state index is 5.88. The Morgan fingerprint density at radius 2 is 2.31 bits per heavy atom. The second-order valence-electron chi connectivity index (χ2n) is 5.09. The molecule has 0 spiro atoms. The minimum absolute atomic E-state index is 0.525. The lowest BCUT2D eigenvalue weighted by Crippen LogP contribution is -2.32. The lowest BCUT2D eigenvalue weighted by molar-refractivity contribution is 0.173. The molecule has 0 amide bonds. The largest absolute Gasteiger partial charge is 0.330 e. The molecular weight excluding hydrogens is 198 g/mol. The molecular formula is C13H23N3. The summed E-state index contributed by atoms with van der Waals surface area (Å²) in [6.45, 7) is 5.13. The highest BCUT2D eigenvalue weighted by atomic mass is 15.3. The lowest BCUT2D eigenvalue weighted by atomic mass is 9.77. The highest BCUT2D eigenvalue weighted by molar-refractivity contribution is 4.97. The van der Waals surface area contributed by atoms with Crippen LogP contribution in [0.15, 0.2) is 12.3 Å². The standard InChI is InChI=1S/C13H23N3/c1-3-11-4-5-12(9-14)13(8-11)16-7-6-10(2)15-16/h6-7,11-13H,3-5,8-9,14H2,1-2H3. The minimum atomic E-state index is 0.525. The third kappa shape index (κ3) is 2.29. The third-order valence-electron chi connectivity index (χ3n) is 4.03. The van der Waals surface area contributed by atoms with E-state index >= 15 is 0 Å². The molecule has 3 nitrogen and oxygen atoms in total. The summed E-state index contributed by atoms with van der Waals surface area (Å²) in [5, 5.41) is 4.56. The monoisotopic (exact) mass is 221 g/mol. The van der Waals surface area contributed by atoms with Crippen LogP contribution >= 0.6 is 0 Å². The van der Waals surface area contributed by atoms with Crippen LogP contribution in [0.2, 0.25) is 0 Å². The van der Waals surface area contributed by atoms with Gasteiger partial charge in [0.05, 0.1) is 11.7 Å². The molecule has 0 aliphatic heterocycles. The van der Waals surface area contributed by atoms with Gasteiger partial charge in [0, 0.05) is 6.20 Å². The van der Waals surface area contributed by atoms with Crippen molar-refractivity contribution >= 4 is 0 Å². The third-order valence-corrected chi connectivity index (χ3v) is 4.03. The van der Waals surface area contributed by atoms with Crippen LogP contribution < -0.4 is 5.73 Å². The Bertz CT molecular complexity index is 332. The topological polar surface area (TPSA) is 43.8 Å². The second kappa shape index (κ2) is 5.00. The van der Waals surface area contributed by atoms with E-state index in [0.717, 1.165) is 18.2 Å². The Morgan fingerprint density at radius 1 is 1.50 bits per heavy atom. The number of nitrogens with two attached hydrogens (primary N) is 1. The van der Waals surface area contributed by atoms with Gasteiger partial charge in [-0.05, 0) is 50.6 Å². The van der Waals surface area contributed by atoms with Crippen molar-refractivity contribution in [2.24, 2.45) is 17.6 Å². The molecule has 1 heterocycles. The number of hydrogen-bond acceptors (Lipinski definition) is 2. The van der Waals surface area contributed by atoms with E-state index in [1.165, 1.54) is 25.7 Å². The zero-order valence-corrected chi connectivity index (χ0v) is 10.4. The van der Waals surface area contributed by atoms with Gasteiger partial charge in [-0.3, -0.25) is 4.68 Å². The summed E-state index contributed by atoms with van der Waals surface area (Å²) >= 11 is 0. The second-order valence-corrected chi connectivity index (χ2v) is 5.09. The molecule has 1 fully saturated rings. The van der Waals surface area contributed by atoms with Gasteiger partial charge in [0.2, 0.25) is 0 Å². The highest BCUT2D eigenvalue weighted by Crippen LogP contribution is 2.37. The van der Waals surface area contributed by atoms with Crippen molar-refractivity contribution in [2.75, 3.05) is 6.54 Å². The van der Waals surface area contributed by atoms with E-state index in [-0.39, 0.29) is 0 Å². The zero-order chi connectivity index (χ0) is 11.5. The van der Waals surface area contributed by atoms with Gasteiger partial charge in [-0.1, -0.05) is 13.3 Å². The first kappa shape index (κ1) is 11.6. The first-order valence-corrected chi connectivity index (χ1v) is 6.46. The van der Waals surface area contributed by atoms with Gasteiger partial charge in [-0.2, -0.15) is 5.10 Å². The molecule has 0 bridgehead atoms. The van der Waals surface area contributed by atoms with Crippen LogP contribution in [0.25, 0.3) is 0 Å². The number of hydrogen-bond donors (Lipinski definition) is 1. The molecule has 1 aromatic rings. The predicted molar refractivity (Wildman–Crippen MR) is 66.2 cm³/mol. The average Bonchev–Trinajstić information content (AvgIpc) is 2.75. The molecule has 0 saturated heterocycles. The lowest BCUT2D eigenvalue weighted by Gasteiger charge is -2.35. The Hall–Kier alpha value is -0.830. The van der Waals surface area contributed by atoms with Gasteiger partial charge in [-0.15, -0.1) is 0 Å². The normalized spacial score (nSPS) is 30.6. The number of aromatic nitrogens is 2. The average molecular weight is 221 g/mol. The smallest absolute Gasteiger partial charge is 0.0593 e. The fourth-order valence-corrected chi connectivity index (χ4v) is 2.88. The SMILES string of the molecule is CCC1CCC(CN)C(n2ccc(C)n2)C1. The van der Waals surface area contributed by atoms with E-state index < -0.39 is 0 Å². The van der Waals surface area contributed by atoms with Crippen molar-refractivity contribution in [2.45, 2.75) is 45.6 Å². The van der Waals surface area contributed by atoms with E-state index in [1.54, 1.807) is 0 Å². The van der Waals surface area contributed by atoms with E-state index in [2.05, 4.69) is 29.0 Å². The molecule has 3 atom stereocenters. The van der Waals surface area contributed by atoms with Crippen molar-refractivity contribution < 1.29 is 0 Å². The molecule has 2 rings (SSSR count). The summed E-state index contributed by atoms with van der Waals surface area (Å²) in [5.41, 5.74) is 6.99. The van der Waals surface area contributed by atoms with Gasteiger partial charge >= 0.3 is 0 Å². The molecule has 1 aliphatic carbocycles. The molecule has 16 heavy (non-hydrogen) atoms. The van der Waals surface area contributed by atoms with Crippen molar-refractivity contribution in [1.29, 1.82) is 0 Å². The molecule has 0 radical (unpaired) electrons. The van der Waals surface area contributed by atoms with Crippen LogP contribution in [0, 0.1) is 18.8 Å². The molecule has 0 aromatic carbocycles. The van der Waals surface area contributed by atoms with Crippen LogP contribution in [0.3, 0.4) is 0 Å². The molecule has 3 heteroatoms. The van der Waals surface area contributed by atoms with Crippen LogP contribution in [0.4, 0.5) is 0 Å². The molecule has 1 aliphatic rings. The van der Waals surface area contributed by atoms with Crippen molar-refractivity contribution in [3.63, 3.8) is 0 Å². The predicted octanol–water partition coefficient (Wildman–Crippen LogP) is 2.52. The first-order valence-electron chi connectivity index (χ1n) is 6.46. The Labute approximate surface area is 98.0 Å². The summed E-state index contributed by atoms with van der Waals surface area (Å²) < 4.78 is 2.15. The van der Waals surface area contributed by atoms with E-state index in [4.69, 9.17) is 5.73 Å². The van der Waals surface area contributed by atoms with Gasteiger partial charge in [0.25, 0.3) is 0 Å². The summed E-state index contributed by atoms with van der Waals surface area (Å²) in [6, 6.07) is 2.61. The molecule has 1 aromatic heterocycles. The van der Waals surface area contributed by atoms with Gasteiger partial charge in [0.1, 0.15) is 0 Å². The van der Waals surface area contributed by atoms with Crippen molar-refractivity contribution in [3.8, 4) is 0 Å². The van der Waals surface area contributed by atoms with Crippen LogP contribution in [-0.4, -0.2) is 16.3 Å². The maximum absolute atomic E-state index is 5.88. The van der Waals surface area contributed by atoms with Crippen LogP contribution in [0.5, 0.6) is 0 Å². The molecule has 90 valence electrons. The number of rotatable bonds is 3. The van der Waals surface area contributed by atoms with E-state index in [0.29, 0.717) is 12.0 Å². The van der Waals surface area contributed by atoms with Crippen molar-refractivity contribution in [1.82, 2.24) is 9.78 Å². The summed E-state index contributed by atoms with van der Waals surface area (Å²) in [6.07, 6.45) is 7.25. The van der Waals surface area contributed by atoms with Crippen LogP contribution in [-0.2, 0) is 0 Å². The number of nitrogens with zero attached hydrogens (tertiary/aromatic N) is 2. The Balaban J connectivity index is 2.14. The number of aryl methyl sites for hydroxylation is 1. The summed E-state index contributed by atoms with van der Waals surface area (Å²) in [5.74, 6) is 1.47. The molecule has 1 saturated carbocycles. The highest BCUT2D eigenvalue weighted by Gasteiger charge is 2.30. The Kier molecular flexibility index (Phi) is 3.64. The Morgan fingerprint density at radius 3 is 2.88 bits per heavy atom. The fraction of sp³-hybridized carbons (Fsp3) is 0.769. The quantitative estimate of drug-likeness (QED) is 0.852. The van der Waals surface area contributed by atoms with Crippen molar-refractivity contribution in [3.05, 3.63) is 18.0 Å². The van der Waals surface area contributed by atoms with E-state index in [9.17, 15) is 0 Å². The van der Waals surface area contributed by atoms with Gasteiger partial charge in [-0.25, -0.2) is 0 Å². The molecule has 2 N–H and O–H groups in total. The zero-order valence-electron chi connectivity index (χ0n) is 10.4. The maximum Gasteiger partial charge on any atom is 0.0593 e. The fourth-order valence-electron chi connectivity index (χ4n) is 2.88. The van der Waals surface area contributed by atoms with Gasteiger partial charge in [0.15, 0.2) is 0 Å².